The Morgan fingerprint density at radius 3 is 2.59 bits per heavy atom. The Labute approximate surface area is 217 Å². The summed E-state index contributed by atoms with van der Waals surface area (Å²) in [5, 5.41) is 20.9. The van der Waals surface area contributed by atoms with Crippen LogP contribution in [0.5, 0.6) is 0 Å². The van der Waals surface area contributed by atoms with Crippen molar-refractivity contribution < 1.29 is 22.3 Å². The minimum absolute atomic E-state index is 0.0207. The molecule has 2 fully saturated rings. The van der Waals surface area contributed by atoms with Crippen molar-refractivity contribution in [3.63, 3.8) is 0 Å². The molecule has 0 radical (unpaired) electrons. The largest absolute Gasteiger partial charge is 0.395 e. The predicted molar refractivity (Wildman–Crippen MR) is 136 cm³/mol. The fraction of sp³-hybridized carbons (Fsp3) is 0.565. The highest BCUT2D eigenvalue weighted by atomic mass is 32.2. The van der Waals surface area contributed by atoms with Gasteiger partial charge in [-0.25, -0.2) is 31.9 Å². The Morgan fingerprint density at radius 2 is 1.97 bits per heavy atom. The van der Waals surface area contributed by atoms with Gasteiger partial charge in [-0.05, 0) is 52.7 Å². The number of hydrogen-bond acceptors (Lipinski definition) is 10. The lowest BCUT2D eigenvalue weighted by atomic mass is 9.97. The molecule has 0 spiro atoms. The van der Waals surface area contributed by atoms with Gasteiger partial charge in [0.25, 0.3) is 6.43 Å². The van der Waals surface area contributed by atoms with Gasteiger partial charge in [-0.1, -0.05) is 11.3 Å². The second-order valence-electron chi connectivity index (χ2n) is 10.7. The number of alkyl halides is 2. The summed E-state index contributed by atoms with van der Waals surface area (Å²) < 4.78 is 56.3. The Bertz CT molecular complexity index is 1460. The standard InChI is InChI=1S/C23H29F2N7O3S2/c1-12-26-17-15(18(27-12)20-29-30-21(36-20)19(24)25)7-14(37(34,35)31-23(4)5-6-23)8-16(17)32-9-13(10-33)28-22(2,3)11-32/h7-8,13,19,28,31,33H,5-6,9-11H2,1-4H3/t13-/m0/s1. The van der Waals surface area contributed by atoms with Crippen LogP contribution in [0.2, 0.25) is 0 Å². The average molecular weight is 554 g/mol. The number of benzene rings is 1. The number of nitrogens with one attached hydrogen (secondary N) is 2. The number of nitrogens with zero attached hydrogens (tertiary/aromatic N) is 5. The van der Waals surface area contributed by atoms with E-state index in [1.165, 1.54) is 6.07 Å². The number of aliphatic hydroxyl groups excluding tert-OH is 1. The zero-order chi connectivity index (χ0) is 26.8. The van der Waals surface area contributed by atoms with Crippen LogP contribution in [-0.2, 0) is 10.0 Å². The molecule has 3 heterocycles. The molecule has 2 aliphatic rings. The number of rotatable bonds is 7. The minimum Gasteiger partial charge on any atom is -0.395 e. The molecule has 3 N–H and O–H groups in total. The van der Waals surface area contributed by atoms with Crippen molar-refractivity contribution >= 4 is 38.0 Å². The number of aryl methyl sites for hydroxylation is 1. The van der Waals surface area contributed by atoms with Gasteiger partial charge in [0.1, 0.15) is 11.5 Å². The van der Waals surface area contributed by atoms with Gasteiger partial charge in [0.15, 0.2) is 10.0 Å². The summed E-state index contributed by atoms with van der Waals surface area (Å²) in [6, 6.07) is 2.82. The van der Waals surface area contributed by atoms with Crippen LogP contribution < -0.4 is 14.9 Å². The molecule has 2 aromatic heterocycles. The molecule has 1 aliphatic heterocycles. The third-order valence-electron chi connectivity index (χ3n) is 6.57. The molecule has 0 amide bonds. The van der Waals surface area contributed by atoms with Gasteiger partial charge in [0.05, 0.1) is 22.7 Å². The van der Waals surface area contributed by atoms with E-state index >= 15 is 0 Å². The van der Waals surface area contributed by atoms with E-state index in [-0.39, 0.29) is 33.8 Å². The maximum Gasteiger partial charge on any atom is 0.291 e. The minimum atomic E-state index is -3.92. The molecule has 1 aromatic carbocycles. The lowest BCUT2D eigenvalue weighted by molar-refractivity contribution is 0.150. The van der Waals surface area contributed by atoms with Crippen LogP contribution in [-0.4, -0.2) is 70.5 Å². The molecule has 10 nitrogen and oxygen atoms in total. The summed E-state index contributed by atoms with van der Waals surface area (Å²) in [7, 11) is -3.92. The van der Waals surface area contributed by atoms with Crippen molar-refractivity contribution in [3.8, 4) is 10.7 Å². The highest BCUT2D eigenvalue weighted by Gasteiger charge is 2.42. The molecule has 1 aliphatic carbocycles. The van der Waals surface area contributed by atoms with Crippen LogP contribution in [0, 0.1) is 6.92 Å². The molecular formula is C23H29F2N7O3S2. The summed E-state index contributed by atoms with van der Waals surface area (Å²) in [5.74, 6) is 0.380. The number of aliphatic hydroxyl groups is 1. The second kappa shape index (κ2) is 9.12. The summed E-state index contributed by atoms with van der Waals surface area (Å²) in [6.07, 6.45) is -1.30. The monoisotopic (exact) mass is 553 g/mol. The van der Waals surface area contributed by atoms with Gasteiger partial charge in [-0.2, -0.15) is 0 Å². The Kier molecular flexibility index (Phi) is 6.46. The van der Waals surface area contributed by atoms with Crippen molar-refractivity contribution in [2.24, 2.45) is 0 Å². The quantitative estimate of drug-likeness (QED) is 0.404. The van der Waals surface area contributed by atoms with E-state index in [9.17, 15) is 22.3 Å². The lowest BCUT2D eigenvalue weighted by Gasteiger charge is -2.44. The van der Waals surface area contributed by atoms with Crippen LogP contribution in [0.4, 0.5) is 14.5 Å². The van der Waals surface area contributed by atoms with Gasteiger partial charge in [-0.3, -0.25) is 0 Å². The number of halogens is 2. The highest BCUT2D eigenvalue weighted by Crippen LogP contribution is 2.40. The average Bonchev–Trinajstić information content (AvgIpc) is 3.31. The fourth-order valence-electron chi connectivity index (χ4n) is 4.69. The van der Waals surface area contributed by atoms with Gasteiger partial charge in [0, 0.05) is 35.6 Å². The van der Waals surface area contributed by atoms with E-state index in [1.54, 1.807) is 13.0 Å². The first kappa shape index (κ1) is 26.2. The van der Waals surface area contributed by atoms with E-state index in [0.717, 1.165) is 12.8 Å². The molecule has 0 unspecified atom stereocenters. The lowest BCUT2D eigenvalue weighted by Crippen LogP contribution is -2.63. The zero-order valence-electron chi connectivity index (χ0n) is 20.9. The van der Waals surface area contributed by atoms with Crippen LogP contribution in [0.1, 0.15) is 50.9 Å². The molecule has 0 bridgehead atoms. The number of hydrogen-bond donors (Lipinski definition) is 3. The van der Waals surface area contributed by atoms with Crippen LogP contribution in [0.15, 0.2) is 17.0 Å². The van der Waals surface area contributed by atoms with Crippen molar-refractivity contribution in [2.75, 3.05) is 24.6 Å². The Hall–Kier alpha value is -2.39. The first-order valence-corrected chi connectivity index (χ1v) is 14.2. The number of anilines is 1. The fourth-order valence-corrected chi connectivity index (χ4v) is 6.90. The van der Waals surface area contributed by atoms with Crippen molar-refractivity contribution in [1.29, 1.82) is 0 Å². The van der Waals surface area contributed by atoms with E-state index in [0.29, 0.717) is 46.8 Å². The smallest absolute Gasteiger partial charge is 0.291 e. The zero-order valence-corrected chi connectivity index (χ0v) is 22.6. The van der Waals surface area contributed by atoms with Crippen LogP contribution in [0.3, 0.4) is 0 Å². The third kappa shape index (κ3) is 5.30. The molecule has 5 rings (SSSR count). The Morgan fingerprint density at radius 1 is 1.24 bits per heavy atom. The van der Waals surface area contributed by atoms with E-state index in [2.05, 4.69) is 30.2 Å². The third-order valence-corrected chi connectivity index (χ3v) is 9.12. The molecule has 1 saturated carbocycles. The maximum atomic E-state index is 13.5. The molecule has 200 valence electrons. The van der Waals surface area contributed by atoms with E-state index in [4.69, 9.17) is 0 Å². The summed E-state index contributed by atoms with van der Waals surface area (Å²) in [5.41, 5.74) is 0.392. The predicted octanol–water partition coefficient (Wildman–Crippen LogP) is 2.77. The van der Waals surface area contributed by atoms with E-state index < -0.39 is 27.0 Å². The number of fused-ring (bicyclic) bond motifs is 1. The summed E-state index contributed by atoms with van der Waals surface area (Å²) >= 11 is 0.712. The van der Waals surface area contributed by atoms with E-state index in [1.807, 2.05) is 25.7 Å². The number of piperazine rings is 1. The normalized spacial score (nSPS) is 21.1. The van der Waals surface area contributed by atoms with Crippen molar-refractivity contribution in [1.82, 2.24) is 30.2 Å². The summed E-state index contributed by atoms with van der Waals surface area (Å²) in [6.45, 7) is 8.35. The summed E-state index contributed by atoms with van der Waals surface area (Å²) in [4.78, 5) is 11.1. The number of sulfonamides is 1. The maximum absolute atomic E-state index is 13.5. The molecule has 14 heteroatoms. The number of aromatic nitrogens is 4. The Balaban J connectivity index is 1.74. The second-order valence-corrected chi connectivity index (χ2v) is 13.4. The molecular weight excluding hydrogens is 524 g/mol. The topological polar surface area (TPSA) is 133 Å². The first-order valence-electron chi connectivity index (χ1n) is 11.9. The molecule has 37 heavy (non-hydrogen) atoms. The van der Waals surface area contributed by atoms with Gasteiger partial charge in [0.2, 0.25) is 10.0 Å². The van der Waals surface area contributed by atoms with Crippen molar-refractivity contribution in [3.05, 3.63) is 23.0 Å². The van der Waals surface area contributed by atoms with Gasteiger partial charge < -0.3 is 15.3 Å². The SMILES string of the molecule is Cc1nc(-c2nnc(C(F)F)s2)c2cc(S(=O)(=O)NC3(C)CC3)cc(N3C[C@@H](CO)NC(C)(C)C3)c2n1. The van der Waals surface area contributed by atoms with Crippen LogP contribution in [0.25, 0.3) is 21.6 Å². The van der Waals surface area contributed by atoms with Gasteiger partial charge in [-0.15, -0.1) is 10.2 Å². The molecule has 1 saturated heterocycles. The first-order chi connectivity index (χ1) is 17.3. The highest BCUT2D eigenvalue weighted by molar-refractivity contribution is 7.89. The van der Waals surface area contributed by atoms with Gasteiger partial charge >= 0.3 is 0 Å². The van der Waals surface area contributed by atoms with Crippen molar-refractivity contribution in [2.45, 2.75) is 69.0 Å². The molecule has 1 atom stereocenters. The van der Waals surface area contributed by atoms with Crippen LogP contribution >= 0.6 is 11.3 Å². The molecule has 3 aromatic rings.